The zero-order chi connectivity index (χ0) is 12.1. The van der Waals surface area contributed by atoms with Crippen molar-refractivity contribution >= 4 is 23.4 Å². The molecule has 1 aromatic rings. The predicted molar refractivity (Wildman–Crippen MR) is 63.7 cm³/mol. The van der Waals surface area contributed by atoms with E-state index in [4.69, 9.17) is 21.4 Å². The molecule has 4 nitrogen and oxygen atoms in total. The van der Waals surface area contributed by atoms with E-state index in [2.05, 4.69) is 0 Å². The van der Waals surface area contributed by atoms with Gasteiger partial charge in [-0.1, -0.05) is 18.5 Å². The Morgan fingerprint density at radius 3 is 2.75 bits per heavy atom. The van der Waals surface area contributed by atoms with Crippen molar-refractivity contribution in [1.29, 1.82) is 0 Å². The molecule has 0 spiro atoms. The monoisotopic (exact) mass is 243 g/mol. The number of carbonyl (C=O) groups is 1. The zero-order valence-electron chi connectivity index (χ0n) is 9.24. The first-order valence-electron chi connectivity index (χ1n) is 4.94. The molecule has 1 aromatic carbocycles. The van der Waals surface area contributed by atoms with E-state index < -0.39 is 6.09 Å². The third kappa shape index (κ3) is 2.79. The van der Waals surface area contributed by atoms with Crippen molar-refractivity contribution in [2.75, 3.05) is 18.6 Å². The van der Waals surface area contributed by atoms with Crippen LogP contribution in [-0.2, 0) is 0 Å². The highest BCUT2D eigenvalue weighted by Gasteiger charge is 2.17. The van der Waals surface area contributed by atoms with E-state index in [0.717, 1.165) is 6.42 Å². The molecule has 0 saturated heterocycles. The van der Waals surface area contributed by atoms with Crippen LogP contribution in [0.25, 0.3) is 0 Å². The lowest BCUT2D eigenvalue weighted by Crippen LogP contribution is -2.30. The fourth-order valence-corrected chi connectivity index (χ4v) is 1.58. The Bertz CT molecular complexity index is 381. The van der Waals surface area contributed by atoms with Gasteiger partial charge in [0.1, 0.15) is 5.75 Å². The molecule has 5 heteroatoms. The summed E-state index contributed by atoms with van der Waals surface area (Å²) < 4.78 is 5.11. The van der Waals surface area contributed by atoms with Crippen LogP contribution in [0, 0.1) is 0 Å². The van der Waals surface area contributed by atoms with Crippen molar-refractivity contribution in [1.82, 2.24) is 0 Å². The van der Waals surface area contributed by atoms with Crippen LogP contribution < -0.4 is 9.64 Å². The molecule has 1 amide bonds. The molecule has 0 aliphatic rings. The Labute approximate surface area is 99.4 Å². The molecule has 0 heterocycles. The van der Waals surface area contributed by atoms with Gasteiger partial charge in [-0.05, 0) is 24.6 Å². The van der Waals surface area contributed by atoms with Crippen LogP contribution in [0.4, 0.5) is 10.5 Å². The molecule has 0 aromatic heterocycles. The fourth-order valence-electron chi connectivity index (χ4n) is 1.42. The number of carboxylic acid groups (broad SMARTS) is 1. The molecule has 88 valence electrons. The number of methoxy groups -OCH3 is 1. The maximum Gasteiger partial charge on any atom is 0.411 e. The van der Waals surface area contributed by atoms with Crippen molar-refractivity contribution in [3.05, 3.63) is 23.2 Å². The van der Waals surface area contributed by atoms with Crippen molar-refractivity contribution in [2.45, 2.75) is 13.3 Å². The second kappa shape index (κ2) is 5.61. The summed E-state index contributed by atoms with van der Waals surface area (Å²) in [5.41, 5.74) is 0.476. The average molecular weight is 244 g/mol. The SMILES string of the molecule is CCCN(C(=O)O)c1cc(Cl)ccc1OC. The number of benzene rings is 1. The molecule has 1 N–H and O–H groups in total. The number of anilines is 1. The summed E-state index contributed by atoms with van der Waals surface area (Å²) >= 11 is 5.85. The Morgan fingerprint density at radius 2 is 2.25 bits per heavy atom. The second-order valence-electron chi connectivity index (χ2n) is 3.25. The fraction of sp³-hybridized carbons (Fsp3) is 0.364. The molecule has 0 aliphatic carbocycles. The van der Waals surface area contributed by atoms with Gasteiger partial charge < -0.3 is 9.84 Å². The summed E-state index contributed by atoms with van der Waals surface area (Å²) in [4.78, 5) is 12.3. The van der Waals surface area contributed by atoms with Crippen LogP contribution >= 0.6 is 11.6 Å². The minimum Gasteiger partial charge on any atom is -0.495 e. The van der Waals surface area contributed by atoms with Gasteiger partial charge in [-0.25, -0.2) is 4.79 Å². The van der Waals surface area contributed by atoms with E-state index in [9.17, 15) is 4.79 Å². The summed E-state index contributed by atoms with van der Waals surface area (Å²) in [6.07, 6.45) is -0.287. The second-order valence-corrected chi connectivity index (χ2v) is 3.69. The van der Waals surface area contributed by atoms with Gasteiger partial charge in [0.15, 0.2) is 0 Å². The quantitative estimate of drug-likeness (QED) is 0.883. The standard InChI is InChI=1S/C11H14ClNO3/c1-3-6-13(11(14)15)9-7-8(12)4-5-10(9)16-2/h4-5,7H,3,6H2,1-2H3,(H,14,15). The number of hydrogen-bond acceptors (Lipinski definition) is 2. The number of ether oxygens (including phenoxy) is 1. The minimum atomic E-state index is -1.01. The van der Waals surface area contributed by atoms with Crippen LogP contribution in [0.2, 0.25) is 5.02 Å². The minimum absolute atomic E-state index is 0.409. The van der Waals surface area contributed by atoms with Gasteiger partial charge in [-0.15, -0.1) is 0 Å². The summed E-state index contributed by atoms with van der Waals surface area (Å²) in [7, 11) is 1.50. The third-order valence-corrected chi connectivity index (χ3v) is 2.34. The highest BCUT2D eigenvalue weighted by molar-refractivity contribution is 6.31. The number of nitrogens with zero attached hydrogens (tertiary/aromatic N) is 1. The van der Waals surface area contributed by atoms with Gasteiger partial charge in [-0.2, -0.15) is 0 Å². The molecule has 1 rings (SSSR count). The highest BCUT2D eigenvalue weighted by atomic mass is 35.5. The Balaban J connectivity index is 3.15. The number of hydrogen-bond donors (Lipinski definition) is 1. The smallest absolute Gasteiger partial charge is 0.411 e. The number of rotatable bonds is 4. The normalized spacial score (nSPS) is 9.94. The van der Waals surface area contributed by atoms with Gasteiger partial charge in [0.2, 0.25) is 0 Å². The lowest BCUT2D eigenvalue weighted by atomic mass is 10.2. The van der Waals surface area contributed by atoms with E-state index >= 15 is 0 Å². The van der Waals surface area contributed by atoms with E-state index in [1.54, 1.807) is 18.2 Å². The lowest BCUT2D eigenvalue weighted by Gasteiger charge is -2.21. The Morgan fingerprint density at radius 1 is 1.56 bits per heavy atom. The van der Waals surface area contributed by atoms with Crippen LogP contribution in [-0.4, -0.2) is 24.9 Å². The molecule has 0 fully saturated rings. The molecule has 0 radical (unpaired) electrons. The summed E-state index contributed by atoms with van der Waals surface area (Å²) in [6, 6.07) is 4.91. The Kier molecular flexibility index (Phi) is 4.43. The lowest BCUT2D eigenvalue weighted by molar-refractivity contribution is 0.201. The molecule has 0 atom stereocenters. The van der Waals surface area contributed by atoms with Crippen LogP contribution in [0.15, 0.2) is 18.2 Å². The first-order chi connectivity index (χ1) is 7.60. The maximum atomic E-state index is 11.1. The summed E-state index contributed by atoms with van der Waals surface area (Å²) in [5, 5.41) is 9.58. The third-order valence-electron chi connectivity index (χ3n) is 2.11. The first-order valence-corrected chi connectivity index (χ1v) is 5.32. The van der Waals surface area contributed by atoms with Gasteiger partial charge >= 0.3 is 6.09 Å². The van der Waals surface area contributed by atoms with Gasteiger partial charge in [0.25, 0.3) is 0 Å². The van der Waals surface area contributed by atoms with E-state index in [1.807, 2.05) is 6.92 Å². The van der Waals surface area contributed by atoms with Crippen LogP contribution in [0.1, 0.15) is 13.3 Å². The van der Waals surface area contributed by atoms with Gasteiger partial charge in [0.05, 0.1) is 12.8 Å². The predicted octanol–water partition coefficient (Wildman–Crippen LogP) is 3.24. The molecular formula is C11H14ClNO3. The van der Waals surface area contributed by atoms with Crippen LogP contribution in [0.3, 0.4) is 0 Å². The molecule has 0 bridgehead atoms. The molecule has 16 heavy (non-hydrogen) atoms. The summed E-state index contributed by atoms with van der Waals surface area (Å²) in [5.74, 6) is 0.500. The topological polar surface area (TPSA) is 49.8 Å². The van der Waals surface area contributed by atoms with Gasteiger partial charge in [0, 0.05) is 11.6 Å². The van der Waals surface area contributed by atoms with Crippen molar-refractivity contribution < 1.29 is 14.6 Å². The number of amides is 1. The largest absolute Gasteiger partial charge is 0.495 e. The summed E-state index contributed by atoms with van der Waals surface area (Å²) in [6.45, 7) is 2.32. The van der Waals surface area contributed by atoms with Gasteiger partial charge in [-0.3, -0.25) is 4.90 Å². The number of halogens is 1. The van der Waals surface area contributed by atoms with E-state index in [0.29, 0.717) is 23.0 Å². The van der Waals surface area contributed by atoms with Crippen molar-refractivity contribution in [2.24, 2.45) is 0 Å². The van der Waals surface area contributed by atoms with E-state index in [1.165, 1.54) is 12.0 Å². The molecule has 0 aliphatic heterocycles. The Hall–Kier alpha value is -1.42. The van der Waals surface area contributed by atoms with Crippen molar-refractivity contribution in [3.8, 4) is 5.75 Å². The zero-order valence-corrected chi connectivity index (χ0v) is 9.99. The van der Waals surface area contributed by atoms with E-state index in [-0.39, 0.29) is 0 Å². The molecular weight excluding hydrogens is 230 g/mol. The van der Waals surface area contributed by atoms with Crippen LogP contribution in [0.5, 0.6) is 5.75 Å². The molecule has 0 unspecified atom stereocenters. The van der Waals surface area contributed by atoms with Crippen molar-refractivity contribution in [3.63, 3.8) is 0 Å². The molecule has 0 saturated carbocycles. The highest BCUT2D eigenvalue weighted by Crippen LogP contribution is 2.31. The maximum absolute atomic E-state index is 11.1. The first kappa shape index (κ1) is 12.6. The average Bonchev–Trinajstić information content (AvgIpc) is 2.25.